The van der Waals surface area contributed by atoms with Gasteiger partial charge in [-0.3, -0.25) is 4.68 Å². The number of hydrogen-bond acceptors (Lipinski definition) is 3. The van der Waals surface area contributed by atoms with Gasteiger partial charge in [0, 0.05) is 7.05 Å². The van der Waals surface area contributed by atoms with E-state index in [0.29, 0.717) is 12.0 Å². The first-order valence-corrected chi connectivity index (χ1v) is 5.26. The van der Waals surface area contributed by atoms with Crippen LogP contribution < -0.4 is 5.32 Å². The van der Waals surface area contributed by atoms with Gasteiger partial charge in [-0.1, -0.05) is 31.9 Å². The first-order chi connectivity index (χ1) is 6.74. The highest BCUT2D eigenvalue weighted by molar-refractivity contribution is 5.03. The molecule has 0 saturated heterocycles. The number of aryl methyl sites for hydroxylation is 1. The summed E-state index contributed by atoms with van der Waals surface area (Å²) >= 11 is 0. The summed E-state index contributed by atoms with van der Waals surface area (Å²) in [6.07, 6.45) is 4.19. The standard InChI is InChI=1S/C10H20N4/c1-5-8(6-2)10(11-3)9-7-12-13-14(9)4/h7-8,10-11H,5-6H2,1-4H3. The fourth-order valence-electron chi connectivity index (χ4n) is 1.96. The van der Waals surface area contributed by atoms with Crippen LogP contribution in [0.3, 0.4) is 0 Å². The summed E-state index contributed by atoms with van der Waals surface area (Å²) in [5.74, 6) is 0.650. The van der Waals surface area contributed by atoms with Gasteiger partial charge < -0.3 is 5.32 Å². The Bertz CT molecular complexity index is 265. The molecule has 0 aliphatic heterocycles. The predicted molar refractivity (Wildman–Crippen MR) is 56.9 cm³/mol. The zero-order chi connectivity index (χ0) is 10.6. The van der Waals surface area contributed by atoms with Crippen LogP contribution in [0.4, 0.5) is 0 Å². The Hall–Kier alpha value is -0.900. The van der Waals surface area contributed by atoms with Crippen LogP contribution in [0.5, 0.6) is 0 Å². The lowest BCUT2D eigenvalue weighted by Crippen LogP contribution is -2.26. The molecule has 4 heteroatoms. The lowest BCUT2D eigenvalue weighted by atomic mass is 9.92. The van der Waals surface area contributed by atoms with Gasteiger partial charge in [-0.05, 0) is 13.0 Å². The Morgan fingerprint density at radius 3 is 2.43 bits per heavy atom. The molecule has 1 unspecified atom stereocenters. The van der Waals surface area contributed by atoms with Gasteiger partial charge in [0.1, 0.15) is 0 Å². The van der Waals surface area contributed by atoms with Gasteiger partial charge in [-0.25, -0.2) is 0 Å². The van der Waals surface area contributed by atoms with Gasteiger partial charge in [-0.15, -0.1) is 5.10 Å². The van der Waals surface area contributed by atoms with E-state index in [1.54, 1.807) is 0 Å². The van der Waals surface area contributed by atoms with E-state index in [1.165, 1.54) is 18.5 Å². The topological polar surface area (TPSA) is 42.7 Å². The maximum atomic E-state index is 3.96. The lowest BCUT2D eigenvalue weighted by Gasteiger charge is -2.24. The quantitative estimate of drug-likeness (QED) is 0.776. The number of aromatic nitrogens is 3. The molecule has 0 amide bonds. The minimum atomic E-state index is 0.366. The SMILES string of the molecule is CCC(CC)C(NC)c1cnnn1C. The highest BCUT2D eigenvalue weighted by Gasteiger charge is 2.21. The maximum absolute atomic E-state index is 3.96. The van der Waals surface area contributed by atoms with Gasteiger partial charge in [0.05, 0.1) is 17.9 Å². The van der Waals surface area contributed by atoms with Crippen LogP contribution in [-0.4, -0.2) is 22.0 Å². The molecule has 4 nitrogen and oxygen atoms in total. The number of hydrogen-bond donors (Lipinski definition) is 1. The van der Waals surface area contributed by atoms with Crippen molar-refractivity contribution in [1.82, 2.24) is 20.3 Å². The second kappa shape index (κ2) is 5.10. The van der Waals surface area contributed by atoms with E-state index in [4.69, 9.17) is 0 Å². The fourth-order valence-corrected chi connectivity index (χ4v) is 1.96. The van der Waals surface area contributed by atoms with Crippen molar-refractivity contribution in [3.8, 4) is 0 Å². The molecule has 0 aliphatic rings. The average Bonchev–Trinajstić information content (AvgIpc) is 2.61. The molecule has 1 N–H and O–H groups in total. The van der Waals surface area contributed by atoms with Crippen LogP contribution in [0.2, 0.25) is 0 Å². The van der Waals surface area contributed by atoms with Gasteiger partial charge in [0.15, 0.2) is 0 Å². The molecule has 0 spiro atoms. The smallest absolute Gasteiger partial charge is 0.0755 e. The Balaban J connectivity index is 2.86. The van der Waals surface area contributed by atoms with Crippen molar-refractivity contribution in [1.29, 1.82) is 0 Å². The minimum Gasteiger partial charge on any atom is -0.311 e. The molecule has 14 heavy (non-hydrogen) atoms. The van der Waals surface area contributed by atoms with Crippen molar-refractivity contribution >= 4 is 0 Å². The molecule has 0 aromatic carbocycles. The summed E-state index contributed by atoms with van der Waals surface area (Å²) < 4.78 is 1.85. The summed E-state index contributed by atoms with van der Waals surface area (Å²) in [6, 6.07) is 0.366. The van der Waals surface area contributed by atoms with Crippen molar-refractivity contribution in [3.63, 3.8) is 0 Å². The van der Waals surface area contributed by atoms with Crippen LogP contribution in [0.1, 0.15) is 38.4 Å². The van der Waals surface area contributed by atoms with E-state index in [-0.39, 0.29) is 0 Å². The number of rotatable bonds is 5. The average molecular weight is 196 g/mol. The summed E-state index contributed by atoms with van der Waals surface area (Å²) in [6.45, 7) is 4.45. The van der Waals surface area contributed by atoms with E-state index >= 15 is 0 Å². The maximum Gasteiger partial charge on any atom is 0.0755 e. The Morgan fingerprint density at radius 2 is 2.07 bits per heavy atom. The van der Waals surface area contributed by atoms with E-state index < -0.39 is 0 Å². The van der Waals surface area contributed by atoms with Crippen molar-refractivity contribution in [3.05, 3.63) is 11.9 Å². The molecule has 0 aliphatic carbocycles. The van der Waals surface area contributed by atoms with Crippen LogP contribution in [0, 0.1) is 5.92 Å². The van der Waals surface area contributed by atoms with Gasteiger partial charge in [-0.2, -0.15) is 0 Å². The van der Waals surface area contributed by atoms with Crippen molar-refractivity contribution in [2.24, 2.45) is 13.0 Å². The number of nitrogens with zero attached hydrogens (tertiary/aromatic N) is 3. The molecule has 0 radical (unpaired) electrons. The Labute approximate surface area is 85.7 Å². The predicted octanol–water partition coefficient (Wildman–Crippen LogP) is 1.51. The van der Waals surface area contributed by atoms with E-state index in [1.807, 2.05) is 25.0 Å². The second-order valence-electron chi connectivity index (χ2n) is 3.63. The molecular formula is C10H20N4. The molecule has 1 aromatic heterocycles. The first kappa shape index (κ1) is 11.2. The highest BCUT2D eigenvalue weighted by atomic mass is 15.4. The molecule has 0 bridgehead atoms. The third-order valence-electron chi connectivity index (χ3n) is 2.90. The monoisotopic (exact) mass is 196 g/mol. The van der Waals surface area contributed by atoms with Crippen LogP contribution in [0.25, 0.3) is 0 Å². The number of nitrogens with one attached hydrogen (secondary N) is 1. The van der Waals surface area contributed by atoms with E-state index in [2.05, 4.69) is 29.5 Å². The largest absolute Gasteiger partial charge is 0.311 e. The second-order valence-corrected chi connectivity index (χ2v) is 3.63. The molecule has 0 saturated carbocycles. The third kappa shape index (κ3) is 2.12. The Kier molecular flexibility index (Phi) is 4.07. The summed E-state index contributed by atoms with van der Waals surface area (Å²) in [7, 11) is 3.94. The van der Waals surface area contributed by atoms with Gasteiger partial charge in [0.25, 0.3) is 0 Å². The minimum absolute atomic E-state index is 0.366. The molecule has 1 heterocycles. The lowest BCUT2D eigenvalue weighted by molar-refractivity contribution is 0.344. The van der Waals surface area contributed by atoms with E-state index in [9.17, 15) is 0 Å². The van der Waals surface area contributed by atoms with Crippen molar-refractivity contribution < 1.29 is 0 Å². The molecule has 1 rings (SSSR count). The van der Waals surface area contributed by atoms with Crippen LogP contribution in [0.15, 0.2) is 6.20 Å². The molecule has 1 aromatic rings. The first-order valence-electron chi connectivity index (χ1n) is 5.26. The van der Waals surface area contributed by atoms with Gasteiger partial charge >= 0.3 is 0 Å². The van der Waals surface area contributed by atoms with Crippen LogP contribution in [-0.2, 0) is 7.05 Å². The molecule has 80 valence electrons. The van der Waals surface area contributed by atoms with Crippen LogP contribution >= 0.6 is 0 Å². The normalized spacial score (nSPS) is 13.5. The van der Waals surface area contributed by atoms with E-state index in [0.717, 1.165) is 0 Å². The summed E-state index contributed by atoms with van der Waals surface area (Å²) in [5.41, 5.74) is 1.17. The van der Waals surface area contributed by atoms with Crippen molar-refractivity contribution in [2.45, 2.75) is 32.7 Å². The highest BCUT2D eigenvalue weighted by Crippen LogP contribution is 2.25. The molecular weight excluding hydrogens is 176 g/mol. The third-order valence-corrected chi connectivity index (χ3v) is 2.90. The molecule has 1 atom stereocenters. The summed E-state index contributed by atoms with van der Waals surface area (Å²) in [5, 5.41) is 11.2. The Morgan fingerprint density at radius 1 is 1.43 bits per heavy atom. The van der Waals surface area contributed by atoms with Crippen molar-refractivity contribution in [2.75, 3.05) is 7.05 Å². The summed E-state index contributed by atoms with van der Waals surface area (Å²) in [4.78, 5) is 0. The zero-order valence-electron chi connectivity index (χ0n) is 9.49. The fraction of sp³-hybridized carbons (Fsp3) is 0.800. The molecule has 0 fully saturated rings. The van der Waals surface area contributed by atoms with Gasteiger partial charge in [0.2, 0.25) is 0 Å². The zero-order valence-corrected chi connectivity index (χ0v) is 9.49.